The minimum atomic E-state index is -0.179. The molecule has 0 atom stereocenters. The molecule has 0 fully saturated rings. The van der Waals surface area contributed by atoms with E-state index in [2.05, 4.69) is 11.4 Å². The number of hydrogen-bond donors (Lipinski definition) is 2. The topological polar surface area (TPSA) is 78.1 Å². The van der Waals surface area contributed by atoms with Crippen molar-refractivity contribution < 1.29 is 9.90 Å². The molecule has 0 saturated heterocycles. The van der Waals surface area contributed by atoms with Crippen molar-refractivity contribution in [3.8, 4) is 11.8 Å². The third kappa shape index (κ3) is 4.38. The monoisotopic (exact) mass is 391 g/mol. The maximum Gasteiger partial charge on any atom is 0.235 e. The van der Waals surface area contributed by atoms with Crippen molar-refractivity contribution >= 4 is 23.5 Å². The number of hydrogen-bond acceptors (Lipinski definition) is 4. The van der Waals surface area contributed by atoms with Gasteiger partial charge < -0.3 is 15.0 Å². The number of phenolic OH excluding ortho intramolecular Hbond substituents is 1. The molecule has 0 aliphatic carbocycles. The molecule has 3 aromatic rings. The molecule has 1 amide bonds. The van der Waals surface area contributed by atoms with Crippen LogP contribution in [-0.4, -0.2) is 21.3 Å². The van der Waals surface area contributed by atoms with Crippen molar-refractivity contribution in [3.63, 3.8) is 0 Å². The molecule has 6 heteroatoms. The van der Waals surface area contributed by atoms with Crippen LogP contribution in [0.25, 0.3) is 0 Å². The number of carbonyl (C=O) groups excluding carboxylic acids is 1. The van der Waals surface area contributed by atoms with Gasteiger partial charge in [-0.1, -0.05) is 30.3 Å². The van der Waals surface area contributed by atoms with Gasteiger partial charge in [0, 0.05) is 17.1 Å². The summed E-state index contributed by atoms with van der Waals surface area (Å²) in [4.78, 5) is 13.4. The number of anilines is 1. The quantitative estimate of drug-likeness (QED) is 0.608. The number of nitrogens with one attached hydrogen (secondary N) is 1. The predicted molar refractivity (Wildman–Crippen MR) is 112 cm³/mol. The Morgan fingerprint density at radius 1 is 1.14 bits per heavy atom. The molecule has 3 rings (SSSR count). The lowest BCUT2D eigenvalue weighted by Gasteiger charge is -2.13. The molecule has 5 nitrogen and oxygen atoms in total. The smallest absolute Gasteiger partial charge is 0.235 e. The van der Waals surface area contributed by atoms with Crippen LogP contribution in [0.15, 0.2) is 59.5 Å². The number of thioether (sulfide) groups is 1. The highest BCUT2D eigenvalue weighted by Gasteiger charge is 2.19. The van der Waals surface area contributed by atoms with Gasteiger partial charge in [0.05, 0.1) is 11.3 Å². The van der Waals surface area contributed by atoms with E-state index in [4.69, 9.17) is 0 Å². The molecule has 0 radical (unpaired) electrons. The third-order valence-corrected chi connectivity index (χ3v) is 5.60. The van der Waals surface area contributed by atoms with E-state index in [0.717, 1.165) is 21.7 Å². The Morgan fingerprint density at radius 2 is 1.82 bits per heavy atom. The Labute approximate surface area is 168 Å². The first-order chi connectivity index (χ1) is 13.5. The summed E-state index contributed by atoms with van der Waals surface area (Å²) in [6.45, 7) is 4.44. The number of aromatic hydroxyl groups is 1. The maximum absolute atomic E-state index is 12.5. The minimum Gasteiger partial charge on any atom is -0.508 e. The van der Waals surface area contributed by atoms with Crippen LogP contribution in [-0.2, 0) is 11.3 Å². The first-order valence-electron chi connectivity index (χ1n) is 8.85. The SMILES string of the molecule is Cc1c(C#N)c(NC(=O)CSc2ccc(O)cc2)n(Cc2ccccc2)c1C. The lowest BCUT2D eigenvalue weighted by Crippen LogP contribution is -2.18. The van der Waals surface area contributed by atoms with E-state index in [1.54, 1.807) is 24.3 Å². The number of aromatic nitrogens is 1. The van der Waals surface area contributed by atoms with Gasteiger partial charge in [-0.3, -0.25) is 4.79 Å². The largest absolute Gasteiger partial charge is 0.508 e. The highest BCUT2D eigenvalue weighted by Crippen LogP contribution is 2.28. The van der Waals surface area contributed by atoms with Crippen LogP contribution in [0.3, 0.4) is 0 Å². The zero-order chi connectivity index (χ0) is 20.1. The Hall–Kier alpha value is -3.17. The molecule has 0 saturated carbocycles. The number of rotatable bonds is 6. The van der Waals surface area contributed by atoms with E-state index in [1.807, 2.05) is 48.7 Å². The molecule has 142 valence electrons. The molecular weight excluding hydrogens is 370 g/mol. The van der Waals surface area contributed by atoms with Crippen molar-refractivity contribution in [1.29, 1.82) is 5.26 Å². The highest BCUT2D eigenvalue weighted by molar-refractivity contribution is 8.00. The van der Waals surface area contributed by atoms with Gasteiger partial charge >= 0.3 is 0 Å². The first kappa shape index (κ1) is 19.6. The molecule has 0 spiro atoms. The molecule has 0 bridgehead atoms. The van der Waals surface area contributed by atoms with Crippen LogP contribution in [0.2, 0.25) is 0 Å². The second-order valence-corrected chi connectivity index (χ2v) is 7.50. The average molecular weight is 391 g/mol. The summed E-state index contributed by atoms with van der Waals surface area (Å²) in [5.74, 6) is 0.765. The molecule has 0 unspecified atom stereocenters. The molecule has 0 aliphatic heterocycles. The van der Waals surface area contributed by atoms with Gasteiger partial charge in [0.1, 0.15) is 17.6 Å². The summed E-state index contributed by atoms with van der Waals surface area (Å²) in [5, 5.41) is 21.9. The maximum atomic E-state index is 12.5. The third-order valence-electron chi connectivity index (χ3n) is 4.59. The zero-order valence-corrected chi connectivity index (χ0v) is 16.6. The fourth-order valence-electron chi connectivity index (χ4n) is 2.95. The summed E-state index contributed by atoms with van der Waals surface area (Å²) in [6, 6.07) is 18.9. The molecular formula is C22H21N3O2S. The van der Waals surface area contributed by atoms with Gasteiger partial charge in [-0.25, -0.2) is 0 Å². The van der Waals surface area contributed by atoms with Crippen molar-refractivity contribution in [2.75, 3.05) is 11.1 Å². The van der Waals surface area contributed by atoms with Gasteiger partial charge in [0.2, 0.25) is 5.91 Å². The van der Waals surface area contributed by atoms with E-state index in [9.17, 15) is 15.2 Å². The second-order valence-electron chi connectivity index (χ2n) is 6.45. The second kappa shape index (κ2) is 8.68. The first-order valence-corrected chi connectivity index (χ1v) is 9.83. The van der Waals surface area contributed by atoms with Crippen LogP contribution < -0.4 is 5.32 Å². The van der Waals surface area contributed by atoms with Gasteiger partial charge in [-0.15, -0.1) is 11.8 Å². The Balaban J connectivity index is 1.79. The number of nitrogens with zero attached hydrogens (tertiary/aromatic N) is 2. The van der Waals surface area contributed by atoms with Crippen LogP contribution in [0.1, 0.15) is 22.4 Å². The summed E-state index contributed by atoms with van der Waals surface area (Å²) >= 11 is 1.38. The fraction of sp³-hybridized carbons (Fsp3) is 0.182. The van der Waals surface area contributed by atoms with Crippen molar-refractivity contribution in [2.45, 2.75) is 25.3 Å². The number of carbonyl (C=O) groups is 1. The summed E-state index contributed by atoms with van der Waals surface area (Å²) in [5.41, 5.74) is 3.43. The van der Waals surface area contributed by atoms with E-state index < -0.39 is 0 Å². The van der Waals surface area contributed by atoms with E-state index in [-0.39, 0.29) is 17.4 Å². The van der Waals surface area contributed by atoms with Crippen molar-refractivity contribution in [1.82, 2.24) is 4.57 Å². The lowest BCUT2D eigenvalue weighted by molar-refractivity contribution is -0.113. The normalized spacial score (nSPS) is 10.5. The number of phenols is 1. The standard InChI is InChI=1S/C22H21N3O2S/c1-15-16(2)25(13-17-6-4-3-5-7-17)22(20(15)12-23)24-21(27)14-28-19-10-8-18(26)9-11-19/h3-11,26H,13-14H2,1-2H3,(H,24,27). The zero-order valence-electron chi connectivity index (χ0n) is 15.8. The molecule has 1 heterocycles. The van der Waals surface area contributed by atoms with Gasteiger partial charge in [-0.05, 0) is 49.2 Å². The molecule has 2 N–H and O–H groups in total. The predicted octanol–water partition coefficient (Wildman–Crippen LogP) is 4.46. The molecule has 28 heavy (non-hydrogen) atoms. The van der Waals surface area contributed by atoms with E-state index >= 15 is 0 Å². The van der Waals surface area contributed by atoms with Gasteiger partial charge in [0.25, 0.3) is 0 Å². The molecule has 1 aromatic heterocycles. The fourth-order valence-corrected chi connectivity index (χ4v) is 3.65. The molecule has 0 aliphatic rings. The molecule has 2 aromatic carbocycles. The van der Waals surface area contributed by atoms with Crippen LogP contribution >= 0.6 is 11.8 Å². The Bertz CT molecular complexity index is 1020. The number of amides is 1. The van der Waals surface area contributed by atoms with Gasteiger partial charge in [0.15, 0.2) is 0 Å². The average Bonchev–Trinajstić information content (AvgIpc) is 2.92. The van der Waals surface area contributed by atoms with E-state index in [0.29, 0.717) is 17.9 Å². The minimum absolute atomic E-state index is 0.179. The summed E-state index contributed by atoms with van der Waals surface area (Å²) in [7, 11) is 0. The van der Waals surface area contributed by atoms with Crippen molar-refractivity contribution in [3.05, 3.63) is 77.0 Å². The van der Waals surface area contributed by atoms with E-state index in [1.165, 1.54) is 11.8 Å². The lowest BCUT2D eigenvalue weighted by atomic mass is 10.2. The number of nitriles is 1. The van der Waals surface area contributed by atoms with Crippen LogP contribution in [0, 0.1) is 25.2 Å². The summed E-state index contributed by atoms with van der Waals surface area (Å²) < 4.78 is 1.98. The van der Waals surface area contributed by atoms with Crippen LogP contribution in [0.4, 0.5) is 5.82 Å². The van der Waals surface area contributed by atoms with Crippen molar-refractivity contribution in [2.24, 2.45) is 0 Å². The van der Waals surface area contributed by atoms with Crippen LogP contribution in [0.5, 0.6) is 5.75 Å². The number of benzene rings is 2. The van der Waals surface area contributed by atoms with Gasteiger partial charge in [-0.2, -0.15) is 5.26 Å². The Kier molecular flexibility index (Phi) is 6.07. The Morgan fingerprint density at radius 3 is 2.46 bits per heavy atom. The highest BCUT2D eigenvalue weighted by atomic mass is 32.2. The summed E-state index contributed by atoms with van der Waals surface area (Å²) in [6.07, 6.45) is 0.